The van der Waals surface area contributed by atoms with Gasteiger partial charge in [0, 0.05) is 0 Å². The first-order valence-electron chi connectivity index (χ1n) is 12.4. The van der Waals surface area contributed by atoms with Crippen molar-refractivity contribution in [3.63, 3.8) is 0 Å². The zero-order valence-corrected chi connectivity index (χ0v) is 21.7. The highest BCUT2D eigenvalue weighted by molar-refractivity contribution is 6.74. The molecule has 4 nitrogen and oxygen atoms in total. The Morgan fingerprint density at radius 1 is 0.967 bits per heavy atom. The van der Waals surface area contributed by atoms with E-state index in [9.17, 15) is 4.79 Å². The first-order chi connectivity index (χ1) is 14.2. The van der Waals surface area contributed by atoms with Crippen LogP contribution in [0.25, 0.3) is 0 Å². The van der Waals surface area contributed by atoms with Gasteiger partial charge in [-0.25, -0.2) is 4.79 Å². The summed E-state index contributed by atoms with van der Waals surface area (Å²) in [4.78, 5) is 11.7. The zero-order valence-electron chi connectivity index (χ0n) is 20.7. The average Bonchev–Trinajstić information content (AvgIpc) is 3.02. The van der Waals surface area contributed by atoms with Gasteiger partial charge in [0.1, 0.15) is 6.10 Å². The molecule has 1 aliphatic heterocycles. The van der Waals surface area contributed by atoms with Crippen molar-refractivity contribution in [2.24, 2.45) is 0 Å². The second-order valence-electron chi connectivity index (χ2n) is 10.4. The Balaban J connectivity index is 2.15. The van der Waals surface area contributed by atoms with Crippen LogP contribution in [0.1, 0.15) is 105 Å². The third kappa shape index (κ3) is 11.0. The summed E-state index contributed by atoms with van der Waals surface area (Å²) in [5.41, 5.74) is 0. The summed E-state index contributed by atoms with van der Waals surface area (Å²) in [7, 11) is -1.83. The largest absolute Gasteiger partial charge is 0.440 e. The number of nitrogens with one attached hydrogen (secondary N) is 1. The smallest absolute Gasteiger partial charge is 0.408 e. The van der Waals surface area contributed by atoms with Crippen LogP contribution < -0.4 is 5.32 Å². The minimum absolute atomic E-state index is 0.0831. The van der Waals surface area contributed by atoms with E-state index in [1.807, 2.05) is 6.08 Å². The van der Waals surface area contributed by atoms with Crippen LogP contribution in [0.15, 0.2) is 12.2 Å². The van der Waals surface area contributed by atoms with Crippen LogP contribution in [0.2, 0.25) is 18.1 Å². The molecule has 1 fully saturated rings. The van der Waals surface area contributed by atoms with E-state index in [2.05, 4.69) is 52.2 Å². The predicted octanol–water partition coefficient (Wildman–Crippen LogP) is 7.74. The number of carbonyl (C=O) groups excluding carboxylic acids is 1. The van der Waals surface area contributed by atoms with E-state index < -0.39 is 8.32 Å². The number of cyclic esters (lactones) is 1. The molecule has 1 saturated heterocycles. The maximum atomic E-state index is 11.7. The number of carbonyl (C=O) groups is 1. The molecule has 5 heteroatoms. The Labute approximate surface area is 187 Å². The van der Waals surface area contributed by atoms with Gasteiger partial charge >= 0.3 is 6.09 Å². The highest BCUT2D eigenvalue weighted by atomic mass is 28.4. The highest BCUT2D eigenvalue weighted by Gasteiger charge is 2.40. The lowest BCUT2D eigenvalue weighted by Gasteiger charge is -2.37. The molecule has 0 saturated carbocycles. The maximum absolute atomic E-state index is 11.7. The van der Waals surface area contributed by atoms with E-state index in [4.69, 9.17) is 9.16 Å². The number of ether oxygens (including phenoxy) is 1. The summed E-state index contributed by atoms with van der Waals surface area (Å²) >= 11 is 0. The highest BCUT2D eigenvalue weighted by Crippen LogP contribution is 2.36. The molecule has 0 aromatic carbocycles. The molecule has 0 aliphatic carbocycles. The normalized spacial score (nSPS) is 20.0. The molecule has 2 atom stereocenters. The molecule has 0 aromatic rings. The Morgan fingerprint density at radius 2 is 1.50 bits per heavy atom. The van der Waals surface area contributed by atoms with Crippen molar-refractivity contribution in [2.45, 2.75) is 135 Å². The summed E-state index contributed by atoms with van der Waals surface area (Å²) < 4.78 is 11.7. The summed E-state index contributed by atoms with van der Waals surface area (Å²) in [6.45, 7) is 14.0. The lowest BCUT2D eigenvalue weighted by atomic mass is 10.0. The Bertz CT molecular complexity index is 499. The van der Waals surface area contributed by atoms with Crippen molar-refractivity contribution in [2.75, 3.05) is 6.61 Å². The molecular weight excluding hydrogens is 390 g/mol. The van der Waals surface area contributed by atoms with Crippen LogP contribution in [0.5, 0.6) is 0 Å². The predicted molar refractivity (Wildman–Crippen MR) is 131 cm³/mol. The lowest BCUT2D eigenvalue weighted by molar-refractivity contribution is 0.144. The maximum Gasteiger partial charge on any atom is 0.408 e. The zero-order chi connectivity index (χ0) is 22.5. The van der Waals surface area contributed by atoms with Crippen LogP contribution in [0.3, 0.4) is 0 Å². The minimum atomic E-state index is -1.83. The molecule has 0 aromatic heterocycles. The number of hydrogen-bond acceptors (Lipinski definition) is 3. The summed E-state index contributed by atoms with van der Waals surface area (Å²) in [6, 6.07) is -0.0831. The van der Waals surface area contributed by atoms with Crippen molar-refractivity contribution in [1.29, 1.82) is 0 Å². The van der Waals surface area contributed by atoms with Gasteiger partial charge in [0.2, 0.25) is 0 Å². The molecule has 1 heterocycles. The van der Waals surface area contributed by atoms with Crippen LogP contribution in [0, 0.1) is 0 Å². The van der Waals surface area contributed by atoms with E-state index in [0.717, 1.165) is 6.42 Å². The number of allylic oxidation sites excluding steroid dienone is 1. The van der Waals surface area contributed by atoms with E-state index in [-0.39, 0.29) is 23.3 Å². The second kappa shape index (κ2) is 14.3. The van der Waals surface area contributed by atoms with Gasteiger partial charge in [0.05, 0.1) is 12.6 Å². The van der Waals surface area contributed by atoms with E-state index in [0.29, 0.717) is 6.61 Å². The Kier molecular flexibility index (Phi) is 13.0. The molecule has 0 bridgehead atoms. The van der Waals surface area contributed by atoms with E-state index in [1.165, 1.54) is 70.6 Å². The number of hydrogen-bond donors (Lipinski definition) is 1. The van der Waals surface area contributed by atoms with Crippen molar-refractivity contribution in [3.05, 3.63) is 12.2 Å². The Morgan fingerprint density at radius 3 is 2.03 bits per heavy atom. The van der Waals surface area contributed by atoms with Gasteiger partial charge in [-0.1, -0.05) is 98.0 Å². The molecule has 2 unspecified atom stereocenters. The number of amides is 1. The van der Waals surface area contributed by atoms with E-state index >= 15 is 0 Å². The Hall–Kier alpha value is -0.813. The van der Waals surface area contributed by atoms with Gasteiger partial charge in [-0.15, -0.1) is 0 Å². The van der Waals surface area contributed by atoms with Gasteiger partial charge in [-0.2, -0.15) is 0 Å². The van der Waals surface area contributed by atoms with Crippen molar-refractivity contribution < 1.29 is 14.0 Å². The fourth-order valence-electron chi connectivity index (χ4n) is 3.45. The molecule has 30 heavy (non-hydrogen) atoms. The fourth-order valence-corrected chi connectivity index (χ4v) is 4.48. The molecule has 1 amide bonds. The molecule has 0 spiro atoms. The monoisotopic (exact) mass is 439 g/mol. The van der Waals surface area contributed by atoms with Gasteiger partial charge in [-0.05, 0) is 37.0 Å². The topological polar surface area (TPSA) is 47.6 Å². The second-order valence-corrected chi connectivity index (χ2v) is 15.3. The number of rotatable bonds is 16. The van der Waals surface area contributed by atoms with Crippen molar-refractivity contribution in [1.82, 2.24) is 5.32 Å². The van der Waals surface area contributed by atoms with Crippen LogP contribution >= 0.6 is 0 Å². The van der Waals surface area contributed by atoms with E-state index in [1.54, 1.807) is 0 Å². The van der Waals surface area contributed by atoms with Crippen LogP contribution in [0.4, 0.5) is 4.79 Å². The summed E-state index contributed by atoms with van der Waals surface area (Å²) in [5.74, 6) is 0. The first kappa shape index (κ1) is 27.2. The third-order valence-corrected chi connectivity index (χ3v) is 11.2. The molecule has 1 aliphatic rings. The first-order valence-corrected chi connectivity index (χ1v) is 15.4. The molecular formula is C25H49NO3Si. The van der Waals surface area contributed by atoms with Crippen LogP contribution in [-0.2, 0) is 9.16 Å². The summed E-state index contributed by atoms with van der Waals surface area (Å²) in [6.07, 6.45) is 19.7. The van der Waals surface area contributed by atoms with Crippen molar-refractivity contribution in [3.8, 4) is 0 Å². The quantitative estimate of drug-likeness (QED) is 0.152. The minimum Gasteiger partial charge on any atom is -0.440 e. The SMILES string of the molecule is CCCCCCCCCCCCCC=CC1OC(=O)NC1CO[Si](C)(C)C(C)(C)C. The average molecular weight is 440 g/mol. The summed E-state index contributed by atoms with van der Waals surface area (Å²) in [5, 5.41) is 3.07. The van der Waals surface area contributed by atoms with Gasteiger partial charge < -0.3 is 14.5 Å². The van der Waals surface area contributed by atoms with Crippen LogP contribution in [-0.4, -0.2) is 33.2 Å². The molecule has 176 valence electrons. The third-order valence-electron chi connectivity index (χ3n) is 6.67. The number of alkyl carbamates (subject to hydrolysis) is 1. The molecule has 1 rings (SSSR count). The fraction of sp³-hybridized carbons (Fsp3) is 0.880. The molecule has 1 N–H and O–H groups in total. The molecule has 0 radical (unpaired) electrons. The van der Waals surface area contributed by atoms with Crippen molar-refractivity contribution >= 4 is 14.4 Å². The van der Waals surface area contributed by atoms with Gasteiger partial charge in [0.15, 0.2) is 8.32 Å². The lowest BCUT2D eigenvalue weighted by Crippen LogP contribution is -2.46. The standard InChI is InChI=1S/C25H49NO3Si/c1-7-8-9-10-11-12-13-14-15-16-17-18-19-20-23-22(26-24(27)29-23)21-28-30(5,6)25(2,3)4/h19-20,22-23H,7-18,21H2,1-6H3,(H,26,27). The van der Waals surface area contributed by atoms with Gasteiger partial charge in [0.25, 0.3) is 0 Å². The number of unbranched alkanes of at least 4 members (excludes halogenated alkanes) is 11. The van der Waals surface area contributed by atoms with Gasteiger partial charge in [-0.3, -0.25) is 0 Å².